The van der Waals surface area contributed by atoms with Crippen LogP contribution in [0, 0.1) is 5.82 Å². The summed E-state index contributed by atoms with van der Waals surface area (Å²) in [6.45, 7) is 5.21. The van der Waals surface area contributed by atoms with Crippen molar-refractivity contribution in [3.63, 3.8) is 0 Å². The molecule has 1 aliphatic heterocycles. The number of pyridine rings is 1. The van der Waals surface area contributed by atoms with E-state index < -0.39 is 35.4 Å². The molecule has 4 rings (SSSR count). The molecule has 1 aliphatic rings. The number of carbonyl (C=O) groups excluding carboxylic acids is 1. The maximum Gasteiger partial charge on any atom is 0.411 e. The number of halogens is 2. The first-order valence-corrected chi connectivity index (χ1v) is 11.0. The van der Waals surface area contributed by atoms with Crippen molar-refractivity contribution in [1.29, 1.82) is 0 Å². The third-order valence-corrected chi connectivity index (χ3v) is 5.27. The van der Waals surface area contributed by atoms with Crippen LogP contribution in [0.4, 0.5) is 9.18 Å². The van der Waals surface area contributed by atoms with Gasteiger partial charge < -0.3 is 14.6 Å². The molecule has 3 aromatic rings. The number of rotatable bonds is 5. The molecular weight excluding hydrogens is 483 g/mol. The Kier molecular flexibility index (Phi) is 6.57. The van der Waals surface area contributed by atoms with Gasteiger partial charge in [0.05, 0.1) is 10.7 Å². The van der Waals surface area contributed by atoms with Gasteiger partial charge in [-0.25, -0.2) is 19.0 Å². The molecule has 3 heterocycles. The topological polar surface area (TPSA) is 133 Å². The lowest BCUT2D eigenvalue weighted by Gasteiger charge is -2.26. The molecule has 1 amide bonds. The van der Waals surface area contributed by atoms with Crippen molar-refractivity contribution in [2.75, 3.05) is 6.54 Å². The van der Waals surface area contributed by atoms with E-state index in [2.05, 4.69) is 20.4 Å². The first kappa shape index (κ1) is 24.3. The van der Waals surface area contributed by atoms with Gasteiger partial charge in [-0.1, -0.05) is 11.6 Å². The number of benzene rings is 1. The summed E-state index contributed by atoms with van der Waals surface area (Å²) in [5.74, 6) is -1.84. The molecule has 2 aromatic heterocycles. The number of tetrazole rings is 1. The molecular formula is C22H22ClFN6O5. The number of aromatic nitrogens is 5. The first-order chi connectivity index (χ1) is 16.5. The minimum absolute atomic E-state index is 0.0873. The van der Waals surface area contributed by atoms with Crippen LogP contribution in [0.2, 0.25) is 5.02 Å². The van der Waals surface area contributed by atoms with Crippen molar-refractivity contribution in [3.8, 4) is 17.3 Å². The van der Waals surface area contributed by atoms with Gasteiger partial charge in [0.25, 0.3) is 5.88 Å². The SMILES string of the molecule is CC(C)(C)OC(=O)N1CC(c2nnn(-c3ccc(Oc4ncc(Cl)cc4F)cc3)n2)C[C@H]1C(=O)O. The standard InChI is InChI=1S/C22H22ClFN6O5/c1-22(2,3)35-21(33)29-11-12(8-17(29)20(31)32)18-26-28-30(27-18)14-4-6-15(7-5-14)34-19-16(24)9-13(23)10-25-19/h4-7,9-10,12,17H,8,11H2,1-3H3,(H,31,32)/t12?,17-/m0/s1. The van der Waals surface area contributed by atoms with Crippen molar-refractivity contribution in [2.24, 2.45) is 0 Å². The number of carboxylic acids is 1. The third kappa shape index (κ3) is 5.65. The molecule has 1 unspecified atom stereocenters. The van der Waals surface area contributed by atoms with Crippen molar-refractivity contribution in [2.45, 2.75) is 44.8 Å². The van der Waals surface area contributed by atoms with Crippen LogP contribution in [-0.2, 0) is 9.53 Å². The molecule has 2 atom stereocenters. The Morgan fingerprint density at radius 1 is 1.23 bits per heavy atom. The summed E-state index contributed by atoms with van der Waals surface area (Å²) in [5.41, 5.74) is -0.220. The van der Waals surface area contributed by atoms with Gasteiger partial charge in [-0.3, -0.25) is 4.90 Å². The van der Waals surface area contributed by atoms with Crippen LogP contribution in [0.3, 0.4) is 0 Å². The van der Waals surface area contributed by atoms with E-state index in [4.69, 9.17) is 21.1 Å². The molecule has 0 bridgehead atoms. The number of carboxylic acid groups (broad SMARTS) is 1. The number of aliphatic carboxylic acids is 1. The maximum atomic E-state index is 13.9. The van der Waals surface area contributed by atoms with Crippen molar-refractivity contribution in [1.82, 2.24) is 30.1 Å². The molecule has 1 fully saturated rings. The number of amides is 1. The lowest BCUT2D eigenvalue weighted by Crippen LogP contribution is -2.43. The average Bonchev–Trinajstić information content (AvgIpc) is 3.43. The lowest BCUT2D eigenvalue weighted by molar-refractivity contribution is -0.142. The Balaban J connectivity index is 1.46. The van der Waals surface area contributed by atoms with Crippen LogP contribution in [0.15, 0.2) is 36.5 Å². The molecule has 1 saturated heterocycles. The second-order valence-electron chi connectivity index (χ2n) is 8.89. The Hall–Kier alpha value is -3.80. The number of likely N-dealkylation sites (tertiary alicyclic amines) is 1. The fraction of sp³-hybridized carbons (Fsp3) is 0.364. The van der Waals surface area contributed by atoms with Crippen LogP contribution in [0.5, 0.6) is 11.6 Å². The summed E-state index contributed by atoms with van der Waals surface area (Å²) in [7, 11) is 0. The largest absolute Gasteiger partial charge is 0.480 e. The Bertz CT molecular complexity index is 1250. The molecule has 0 aliphatic carbocycles. The zero-order chi connectivity index (χ0) is 25.3. The number of carbonyl (C=O) groups is 2. The van der Waals surface area contributed by atoms with Gasteiger partial charge in [0, 0.05) is 18.7 Å². The van der Waals surface area contributed by atoms with Crippen LogP contribution >= 0.6 is 11.6 Å². The number of ether oxygens (including phenoxy) is 2. The lowest BCUT2D eigenvalue weighted by atomic mass is 10.1. The average molecular weight is 505 g/mol. The summed E-state index contributed by atoms with van der Waals surface area (Å²) < 4.78 is 24.7. The van der Waals surface area contributed by atoms with Gasteiger partial charge in [-0.05, 0) is 62.7 Å². The van der Waals surface area contributed by atoms with Gasteiger partial charge >= 0.3 is 12.1 Å². The smallest absolute Gasteiger partial charge is 0.411 e. The van der Waals surface area contributed by atoms with Crippen LogP contribution in [-0.4, -0.2) is 65.4 Å². The second kappa shape index (κ2) is 9.45. The third-order valence-electron chi connectivity index (χ3n) is 5.06. The van der Waals surface area contributed by atoms with Crippen LogP contribution in [0.25, 0.3) is 5.69 Å². The number of nitrogens with zero attached hydrogens (tertiary/aromatic N) is 6. The molecule has 13 heteroatoms. The zero-order valence-electron chi connectivity index (χ0n) is 19.1. The predicted molar refractivity (Wildman–Crippen MR) is 120 cm³/mol. The van der Waals surface area contributed by atoms with E-state index in [1.54, 1.807) is 45.0 Å². The summed E-state index contributed by atoms with van der Waals surface area (Å²) >= 11 is 5.69. The maximum absolute atomic E-state index is 13.9. The molecule has 1 aromatic carbocycles. The van der Waals surface area contributed by atoms with E-state index in [9.17, 15) is 19.1 Å². The van der Waals surface area contributed by atoms with E-state index >= 15 is 0 Å². The molecule has 184 valence electrons. The van der Waals surface area contributed by atoms with Gasteiger partial charge in [-0.2, -0.15) is 0 Å². The summed E-state index contributed by atoms with van der Waals surface area (Å²) in [5, 5.41) is 22.2. The highest BCUT2D eigenvalue weighted by molar-refractivity contribution is 6.30. The van der Waals surface area contributed by atoms with E-state index in [1.807, 2.05) is 0 Å². The Morgan fingerprint density at radius 3 is 2.57 bits per heavy atom. The monoisotopic (exact) mass is 504 g/mol. The molecule has 0 radical (unpaired) electrons. The molecule has 0 saturated carbocycles. The van der Waals surface area contributed by atoms with E-state index in [0.29, 0.717) is 17.3 Å². The van der Waals surface area contributed by atoms with Crippen molar-refractivity contribution < 1.29 is 28.6 Å². The number of hydrogen-bond donors (Lipinski definition) is 1. The Labute approximate surface area is 204 Å². The summed E-state index contributed by atoms with van der Waals surface area (Å²) in [6.07, 6.45) is 0.700. The molecule has 0 spiro atoms. The van der Waals surface area contributed by atoms with E-state index in [1.165, 1.54) is 15.9 Å². The minimum atomic E-state index is -1.13. The van der Waals surface area contributed by atoms with Gasteiger partial charge in [0.2, 0.25) is 0 Å². The minimum Gasteiger partial charge on any atom is -0.480 e. The summed E-state index contributed by atoms with van der Waals surface area (Å²) in [6, 6.07) is 6.47. The van der Waals surface area contributed by atoms with E-state index in [0.717, 1.165) is 6.07 Å². The summed E-state index contributed by atoms with van der Waals surface area (Å²) in [4.78, 5) is 30.5. The molecule has 11 nitrogen and oxygen atoms in total. The predicted octanol–water partition coefficient (Wildman–Crippen LogP) is 3.82. The van der Waals surface area contributed by atoms with E-state index in [-0.39, 0.29) is 23.9 Å². The highest BCUT2D eigenvalue weighted by Gasteiger charge is 2.43. The zero-order valence-corrected chi connectivity index (χ0v) is 19.8. The van der Waals surface area contributed by atoms with Gasteiger partial charge in [0.1, 0.15) is 17.4 Å². The van der Waals surface area contributed by atoms with Crippen molar-refractivity contribution >= 4 is 23.7 Å². The normalized spacial score (nSPS) is 17.9. The quantitative estimate of drug-likeness (QED) is 0.550. The van der Waals surface area contributed by atoms with Gasteiger partial charge in [0.15, 0.2) is 11.6 Å². The molecule has 1 N–H and O–H groups in total. The fourth-order valence-corrected chi connectivity index (χ4v) is 3.66. The van der Waals surface area contributed by atoms with Crippen LogP contribution in [0.1, 0.15) is 38.9 Å². The van der Waals surface area contributed by atoms with Gasteiger partial charge in [-0.15, -0.1) is 15.0 Å². The molecule has 35 heavy (non-hydrogen) atoms. The Morgan fingerprint density at radius 2 is 1.94 bits per heavy atom. The number of hydrogen-bond acceptors (Lipinski definition) is 8. The van der Waals surface area contributed by atoms with Crippen LogP contribution < -0.4 is 4.74 Å². The highest BCUT2D eigenvalue weighted by Crippen LogP contribution is 2.31. The second-order valence-corrected chi connectivity index (χ2v) is 9.33. The van der Waals surface area contributed by atoms with Crippen molar-refractivity contribution in [3.05, 3.63) is 53.2 Å². The fourth-order valence-electron chi connectivity index (χ4n) is 3.51. The highest BCUT2D eigenvalue weighted by atomic mass is 35.5. The first-order valence-electron chi connectivity index (χ1n) is 10.6.